The summed E-state index contributed by atoms with van der Waals surface area (Å²) < 4.78 is 3.05. The Labute approximate surface area is 140 Å². The van der Waals surface area contributed by atoms with Crippen LogP contribution in [0.15, 0.2) is 46.1 Å². The first-order valence-electron chi connectivity index (χ1n) is 7.24. The van der Waals surface area contributed by atoms with E-state index < -0.39 is 0 Å². The number of aryl methyl sites for hydroxylation is 1. The van der Waals surface area contributed by atoms with Gasteiger partial charge < -0.3 is 10.2 Å². The van der Waals surface area contributed by atoms with E-state index in [-0.39, 0.29) is 0 Å². The molecule has 0 saturated heterocycles. The number of nitrogens with zero attached hydrogens (tertiary/aromatic N) is 4. The molecular formula is C16H22BrN5. The summed E-state index contributed by atoms with van der Waals surface area (Å²) in [6.07, 6.45) is 3.91. The normalized spacial score (nSPS) is 11.5. The van der Waals surface area contributed by atoms with Crippen LogP contribution >= 0.6 is 15.9 Å². The van der Waals surface area contributed by atoms with Gasteiger partial charge in [-0.1, -0.05) is 34.1 Å². The molecule has 1 N–H and O–H groups in total. The predicted molar refractivity (Wildman–Crippen MR) is 93.9 cm³/mol. The first-order chi connectivity index (χ1) is 10.6. The highest BCUT2D eigenvalue weighted by Gasteiger charge is 2.08. The summed E-state index contributed by atoms with van der Waals surface area (Å²) in [4.78, 5) is 6.44. The van der Waals surface area contributed by atoms with Crippen molar-refractivity contribution in [2.24, 2.45) is 4.99 Å². The van der Waals surface area contributed by atoms with Gasteiger partial charge in [-0.15, -0.1) is 0 Å². The predicted octanol–water partition coefficient (Wildman–Crippen LogP) is 2.66. The Balaban J connectivity index is 1.87. The molecule has 0 atom stereocenters. The van der Waals surface area contributed by atoms with Crippen LogP contribution < -0.4 is 5.32 Å². The van der Waals surface area contributed by atoms with E-state index >= 15 is 0 Å². The molecule has 118 valence electrons. The summed E-state index contributed by atoms with van der Waals surface area (Å²) in [6, 6.07) is 8.23. The minimum atomic E-state index is 0.786. The molecule has 22 heavy (non-hydrogen) atoms. The van der Waals surface area contributed by atoms with E-state index in [0.717, 1.165) is 30.1 Å². The Morgan fingerprint density at radius 3 is 2.82 bits per heavy atom. The molecule has 0 aliphatic heterocycles. The third-order valence-electron chi connectivity index (χ3n) is 3.33. The van der Waals surface area contributed by atoms with Crippen LogP contribution in [0.5, 0.6) is 0 Å². The van der Waals surface area contributed by atoms with Crippen molar-refractivity contribution in [1.82, 2.24) is 20.0 Å². The van der Waals surface area contributed by atoms with E-state index in [9.17, 15) is 0 Å². The molecule has 1 aromatic carbocycles. The fourth-order valence-electron chi connectivity index (χ4n) is 2.21. The first-order valence-corrected chi connectivity index (χ1v) is 8.03. The van der Waals surface area contributed by atoms with Crippen LogP contribution in [-0.2, 0) is 13.1 Å². The Morgan fingerprint density at radius 1 is 1.41 bits per heavy atom. The van der Waals surface area contributed by atoms with Gasteiger partial charge in [-0.2, -0.15) is 5.10 Å². The van der Waals surface area contributed by atoms with Gasteiger partial charge >= 0.3 is 0 Å². The van der Waals surface area contributed by atoms with Crippen molar-refractivity contribution >= 4 is 21.9 Å². The maximum atomic E-state index is 4.34. The van der Waals surface area contributed by atoms with Crippen LogP contribution in [0.25, 0.3) is 0 Å². The second kappa shape index (κ2) is 7.98. The third kappa shape index (κ3) is 4.59. The lowest BCUT2D eigenvalue weighted by Crippen LogP contribution is -2.39. The molecule has 0 spiro atoms. The van der Waals surface area contributed by atoms with Crippen molar-refractivity contribution in [1.29, 1.82) is 0 Å². The summed E-state index contributed by atoms with van der Waals surface area (Å²) in [6.45, 7) is 4.44. The van der Waals surface area contributed by atoms with Gasteiger partial charge in [-0.05, 0) is 24.1 Å². The molecule has 6 heteroatoms. The molecule has 0 amide bonds. The van der Waals surface area contributed by atoms with Crippen LogP contribution in [0.4, 0.5) is 0 Å². The molecule has 5 nitrogen and oxygen atoms in total. The average molecular weight is 364 g/mol. The molecule has 1 aromatic heterocycles. The lowest BCUT2D eigenvalue weighted by molar-refractivity contribution is 0.469. The number of hydrogen-bond donors (Lipinski definition) is 1. The second-order valence-corrected chi connectivity index (χ2v) is 6.06. The van der Waals surface area contributed by atoms with Crippen LogP contribution in [0.2, 0.25) is 0 Å². The quantitative estimate of drug-likeness (QED) is 0.656. The minimum absolute atomic E-state index is 0.786. The molecule has 0 fully saturated rings. The van der Waals surface area contributed by atoms with Crippen LogP contribution in [0, 0.1) is 6.92 Å². The number of benzene rings is 1. The van der Waals surface area contributed by atoms with Gasteiger partial charge in [0.2, 0.25) is 0 Å². The number of aliphatic imine (C=N–C) groups is 1. The fraction of sp³-hybridized carbons (Fsp3) is 0.375. The Hall–Kier alpha value is -1.82. The molecule has 0 unspecified atom stereocenters. The summed E-state index contributed by atoms with van der Waals surface area (Å²) in [7, 11) is 3.84. The van der Waals surface area contributed by atoms with Gasteiger partial charge in [0.25, 0.3) is 0 Å². The van der Waals surface area contributed by atoms with Crippen molar-refractivity contribution in [3.63, 3.8) is 0 Å². The van der Waals surface area contributed by atoms with Crippen molar-refractivity contribution < 1.29 is 0 Å². The highest BCUT2D eigenvalue weighted by Crippen LogP contribution is 2.17. The fourth-order valence-corrected chi connectivity index (χ4v) is 2.62. The number of rotatable bonds is 5. The summed E-state index contributed by atoms with van der Waals surface area (Å²) >= 11 is 3.58. The summed E-state index contributed by atoms with van der Waals surface area (Å²) in [5.41, 5.74) is 2.41. The smallest absolute Gasteiger partial charge is 0.193 e. The molecule has 1 heterocycles. The van der Waals surface area contributed by atoms with E-state index in [1.165, 1.54) is 11.1 Å². The zero-order valence-corrected chi connectivity index (χ0v) is 14.8. The van der Waals surface area contributed by atoms with Crippen LogP contribution in [0.1, 0.15) is 11.1 Å². The van der Waals surface area contributed by atoms with Gasteiger partial charge in [0.15, 0.2) is 5.96 Å². The number of aromatic nitrogens is 2. The monoisotopic (exact) mass is 363 g/mol. The summed E-state index contributed by atoms with van der Waals surface area (Å²) in [5, 5.41) is 7.65. The van der Waals surface area contributed by atoms with E-state index in [1.54, 1.807) is 7.05 Å². The topological polar surface area (TPSA) is 45.5 Å². The molecule has 2 rings (SSSR count). The highest BCUT2D eigenvalue weighted by atomic mass is 79.9. The van der Waals surface area contributed by atoms with E-state index in [0.29, 0.717) is 0 Å². The number of halogens is 1. The molecule has 0 saturated carbocycles. The van der Waals surface area contributed by atoms with Gasteiger partial charge in [0.1, 0.15) is 0 Å². The SMILES string of the molecule is CN=C(NCCn1cc(C)cn1)N(C)Cc1ccccc1Br. The van der Waals surface area contributed by atoms with E-state index in [4.69, 9.17) is 0 Å². The van der Waals surface area contributed by atoms with Crippen molar-refractivity contribution in [2.75, 3.05) is 20.6 Å². The van der Waals surface area contributed by atoms with E-state index in [2.05, 4.69) is 48.4 Å². The Bertz CT molecular complexity index is 635. The van der Waals surface area contributed by atoms with Crippen LogP contribution in [0.3, 0.4) is 0 Å². The lowest BCUT2D eigenvalue weighted by Gasteiger charge is -2.22. The molecule has 0 aliphatic rings. The lowest BCUT2D eigenvalue weighted by atomic mass is 10.2. The zero-order valence-electron chi connectivity index (χ0n) is 13.3. The number of guanidine groups is 1. The summed E-state index contributed by atoms with van der Waals surface area (Å²) in [5.74, 6) is 0.875. The first kappa shape index (κ1) is 16.5. The molecule has 0 aliphatic carbocycles. The van der Waals surface area contributed by atoms with Gasteiger partial charge in [-0.3, -0.25) is 9.67 Å². The maximum absolute atomic E-state index is 4.34. The maximum Gasteiger partial charge on any atom is 0.193 e. The van der Waals surface area contributed by atoms with Gasteiger partial charge in [0, 0.05) is 37.9 Å². The van der Waals surface area contributed by atoms with Crippen molar-refractivity contribution in [3.05, 3.63) is 52.3 Å². The zero-order chi connectivity index (χ0) is 15.9. The number of hydrogen-bond acceptors (Lipinski definition) is 2. The van der Waals surface area contributed by atoms with Crippen molar-refractivity contribution in [3.8, 4) is 0 Å². The van der Waals surface area contributed by atoms with Crippen molar-refractivity contribution in [2.45, 2.75) is 20.0 Å². The second-order valence-electron chi connectivity index (χ2n) is 5.20. The Kier molecular flexibility index (Phi) is 6.00. The van der Waals surface area contributed by atoms with Crippen LogP contribution in [-0.4, -0.2) is 41.3 Å². The third-order valence-corrected chi connectivity index (χ3v) is 4.10. The standard InChI is InChI=1S/C16H22BrN5/c1-13-10-20-22(11-13)9-8-19-16(18-2)21(3)12-14-6-4-5-7-15(14)17/h4-7,10-11H,8-9,12H2,1-3H3,(H,18,19). The average Bonchev–Trinajstić information content (AvgIpc) is 2.91. The molecule has 0 bridgehead atoms. The van der Waals surface area contributed by atoms with E-state index in [1.807, 2.05) is 43.2 Å². The Morgan fingerprint density at radius 2 is 2.18 bits per heavy atom. The van der Waals surface area contributed by atoms with Gasteiger partial charge in [-0.25, -0.2) is 0 Å². The minimum Gasteiger partial charge on any atom is -0.354 e. The molecule has 0 radical (unpaired) electrons. The largest absolute Gasteiger partial charge is 0.354 e. The number of nitrogens with one attached hydrogen (secondary N) is 1. The highest BCUT2D eigenvalue weighted by molar-refractivity contribution is 9.10. The molecule has 2 aromatic rings. The molecular weight excluding hydrogens is 342 g/mol. The van der Waals surface area contributed by atoms with Gasteiger partial charge in [0.05, 0.1) is 12.7 Å².